The van der Waals surface area contributed by atoms with Gasteiger partial charge < -0.3 is 9.73 Å². The quantitative estimate of drug-likeness (QED) is 0.487. The number of fused-ring (bicyclic) bond motifs is 1. The monoisotopic (exact) mass is 438 g/mol. The van der Waals surface area contributed by atoms with Crippen molar-refractivity contribution in [2.45, 2.75) is 25.9 Å². The second-order valence-corrected chi connectivity index (χ2v) is 8.61. The Kier molecular flexibility index (Phi) is 5.80. The molecule has 1 amide bonds. The summed E-state index contributed by atoms with van der Waals surface area (Å²) in [4.78, 5) is 28.6. The third kappa shape index (κ3) is 4.32. The van der Waals surface area contributed by atoms with Gasteiger partial charge in [-0.2, -0.15) is 0 Å². The molecule has 0 spiro atoms. The second-order valence-electron chi connectivity index (χ2n) is 8.61. The molecule has 5 heteroatoms. The lowest BCUT2D eigenvalue weighted by atomic mass is 10.0. The summed E-state index contributed by atoms with van der Waals surface area (Å²) in [6.07, 6.45) is 0.891. The smallest absolute Gasteiger partial charge is 0.255 e. The van der Waals surface area contributed by atoms with Crippen LogP contribution in [-0.4, -0.2) is 29.9 Å². The molecule has 1 aliphatic heterocycles. The minimum atomic E-state index is -0.210. The molecule has 3 aromatic carbocycles. The zero-order valence-electron chi connectivity index (χ0n) is 18.6. The number of carbonyl (C=O) groups excluding carboxylic acids is 1. The summed E-state index contributed by atoms with van der Waals surface area (Å²) in [5.74, 6) is 0.293. The first-order valence-electron chi connectivity index (χ1n) is 11.3. The van der Waals surface area contributed by atoms with E-state index < -0.39 is 0 Å². The lowest BCUT2D eigenvalue weighted by molar-refractivity contribution is 0.0938. The van der Waals surface area contributed by atoms with Crippen molar-refractivity contribution in [3.8, 4) is 11.3 Å². The van der Waals surface area contributed by atoms with Crippen LogP contribution in [0.4, 0.5) is 0 Å². The van der Waals surface area contributed by atoms with Gasteiger partial charge in [0.2, 0.25) is 0 Å². The van der Waals surface area contributed by atoms with E-state index in [9.17, 15) is 9.59 Å². The van der Waals surface area contributed by atoms with Crippen LogP contribution in [0.25, 0.3) is 22.3 Å². The van der Waals surface area contributed by atoms with Crippen LogP contribution in [0, 0.1) is 6.92 Å². The molecule has 1 fully saturated rings. The van der Waals surface area contributed by atoms with Gasteiger partial charge in [0.15, 0.2) is 11.0 Å². The van der Waals surface area contributed by atoms with Crippen molar-refractivity contribution < 1.29 is 9.21 Å². The molecule has 0 bridgehead atoms. The Bertz CT molecular complexity index is 1350. The predicted molar refractivity (Wildman–Crippen MR) is 130 cm³/mol. The molecule has 1 saturated heterocycles. The molecule has 2 heterocycles. The van der Waals surface area contributed by atoms with Crippen LogP contribution < -0.4 is 10.7 Å². The lowest BCUT2D eigenvalue weighted by Gasteiger charge is -2.17. The Labute approximate surface area is 192 Å². The zero-order valence-corrected chi connectivity index (χ0v) is 18.6. The number of hydrogen-bond acceptors (Lipinski definition) is 4. The van der Waals surface area contributed by atoms with Crippen LogP contribution in [0.15, 0.2) is 88.1 Å². The average Bonchev–Trinajstić information content (AvgIpc) is 3.28. The first-order chi connectivity index (χ1) is 16.1. The molecule has 5 rings (SSSR count). The van der Waals surface area contributed by atoms with E-state index in [0.717, 1.165) is 31.6 Å². The number of benzene rings is 3. The Morgan fingerprint density at radius 3 is 2.48 bits per heavy atom. The Morgan fingerprint density at radius 1 is 1.00 bits per heavy atom. The summed E-state index contributed by atoms with van der Waals surface area (Å²) in [5.41, 5.74) is 3.24. The zero-order chi connectivity index (χ0) is 22.8. The number of amides is 1. The van der Waals surface area contributed by atoms with Crippen LogP contribution in [-0.2, 0) is 6.54 Å². The molecule has 4 aromatic rings. The number of likely N-dealkylation sites (tertiary alicyclic amines) is 1. The van der Waals surface area contributed by atoms with E-state index in [1.54, 1.807) is 25.1 Å². The van der Waals surface area contributed by atoms with Gasteiger partial charge in [0.05, 0.1) is 10.9 Å². The topological polar surface area (TPSA) is 62.6 Å². The Morgan fingerprint density at radius 2 is 1.73 bits per heavy atom. The van der Waals surface area contributed by atoms with Crippen molar-refractivity contribution in [3.05, 3.63) is 106 Å². The lowest BCUT2D eigenvalue weighted by Crippen LogP contribution is -2.37. The van der Waals surface area contributed by atoms with Crippen LogP contribution in [0.2, 0.25) is 0 Å². The molecule has 33 heavy (non-hydrogen) atoms. The van der Waals surface area contributed by atoms with E-state index in [2.05, 4.69) is 22.3 Å². The van der Waals surface area contributed by atoms with Crippen molar-refractivity contribution in [2.75, 3.05) is 13.1 Å². The van der Waals surface area contributed by atoms with E-state index in [1.165, 1.54) is 5.56 Å². The molecular weight excluding hydrogens is 412 g/mol. The summed E-state index contributed by atoms with van der Waals surface area (Å²) in [6.45, 7) is 4.36. The van der Waals surface area contributed by atoms with Crippen LogP contribution in [0.3, 0.4) is 0 Å². The number of hydrogen-bond donors (Lipinski definition) is 1. The largest absolute Gasteiger partial charge is 0.455 e. The molecule has 1 atom stereocenters. The maximum Gasteiger partial charge on any atom is 0.255 e. The van der Waals surface area contributed by atoms with E-state index in [4.69, 9.17) is 4.42 Å². The van der Waals surface area contributed by atoms with Crippen molar-refractivity contribution >= 4 is 16.9 Å². The fourth-order valence-corrected chi connectivity index (χ4v) is 4.55. The Hall–Kier alpha value is -3.70. The first-order valence-corrected chi connectivity index (χ1v) is 11.3. The summed E-state index contributed by atoms with van der Waals surface area (Å²) < 4.78 is 6.21. The van der Waals surface area contributed by atoms with Gasteiger partial charge in [-0.25, -0.2) is 0 Å². The highest BCUT2D eigenvalue weighted by Gasteiger charge is 2.26. The predicted octanol–water partition coefficient (Wildman–Crippen LogP) is 4.77. The summed E-state index contributed by atoms with van der Waals surface area (Å²) >= 11 is 0. The molecule has 5 nitrogen and oxygen atoms in total. The minimum Gasteiger partial charge on any atom is -0.455 e. The number of rotatable bonds is 5. The molecule has 166 valence electrons. The summed E-state index contributed by atoms with van der Waals surface area (Å²) in [7, 11) is 0. The molecule has 1 N–H and O–H groups in total. The SMILES string of the molecule is Cc1c(-c2ccccc2)oc2c(C(=O)NC3CCN(Cc4ccccc4)C3)cccc2c1=O. The highest BCUT2D eigenvalue weighted by Crippen LogP contribution is 2.27. The normalized spacial score (nSPS) is 16.2. The van der Waals surface area contributed by atoms with Gasteiger partial charge in [-0.05, 0) is 31.0 Å². The number of carbonyl (C=O) groups is 1. The number of nitrogens with one attached hydrogen (secondary N) is 1. The van der Waals surface area contributed by atoms with E-state index >= 15 is 0 Å². The van der Waals surface area contributed by atoms with Crippen LogP contribution >= 0.6 is 0 Å². The minimum absolute atomic E-state index is 0.0576. The fourth-order valence-electron chi connectivity index (χ4n) is 4.55. The van der Waals surface area contributed by atoms with Gasteiger partial charge in [-0.3, -0.25) is 14.5 Å². The van der Waals surface area contributed by atoms with Crippen molar-refractivity contribution in [1.29, 1.82) is 0 Å². The first kappa shape index (κ1) is 21.2. The van der Waals surface area contributed by atoms with Crippen molar-refractivity contribution in [2.24, 2.45) is 0 Å². The fraction of sp³-hybridized carbons (Fsp3) is 0.214. The highest BCUT2D eigenvalue weighted by molar-refractivity contribution is 6.05. The molecule has 0 saturated carbocycles. The third-order valence-electron chi connectivity index (χ3n) is 6.28. The van der Waals surface area contributed by atoms with Gasteiger partial charge >= 0.3 is 0 Å². The number of para-hydroxylation sites is 1. The van der Waals surface area contributed by atoms with Crippen molar-refractivity contribution in [3.63, 3.8) is 0 Å². The Balaban J connectivity index is 1.40. The third-order valence-corrected chi connectivity index (χ3v) is 6.28. The van der Waals surface area contributed by atoms with E-state index in [0.29, 0.717) is 27.9 Å². The number of nitrogens with zero attached hydrogens (tertiary/aromatic N) is 1. The van der Waals surface area contributed by atoms with Gasteiger partial charge in [0.25, 0.3) is 5.91 Å². The standard InChI is InChI=1S/C28H26N2O3/c1-19-25(31)23-13-8-14-24(27(23)33-26(19)21-11-6-3-7-12-21)28(32)29-22-15-16-30(18-22)17-20-9-4-2-5-10-20/h2-14,22H,15-18H2,1H3,(H,29,32). The summed E-state index contributed by atoms with van der Waals surface area (Å²) in [6, 6.07) is 25.1. The van der Waals surface area contributed by atoms with Gasteiger partial charge in [0, 0.05) is 36.8 Å². The second kappa shape index (κ2) is 9.04. The molecule has 0 radical (unpaired) electrons. The summed E-state index contributed by atoms with van der Waals surface area (Å²) in [5, 5.41) is 3.58. The molecule has 1 aromatic heterocycles. The highest BCUT2D eigenvalue weighted by atomic mass is 16.3. The van der Waals surface area contributed by atoms with Crippen LogP contribution in [0.1, 0.15) is 27.9 Å². The van der Waals surface area contributed by atoms with Gasteiger partial charge in [-0.1, -0.05) is 66.7 Å². The molecular formula is C28H26N2O3. The molecule has 1 aliphatic rings. The average molecular weight is 439 g/mol. The molecule has 1 unspecified atom stereocenters. The molecule has 0 aliphatic carbocycles. The van der Waals surface area contributed by atoms with Gasteiger partial charge in [-0.15, -0.1) is 0 Å². The van der Waals surface area contributed by atoms with E-state index in [-0.39, 0.29) is 17.4 Å². The maximum absolute atomic E-state index is 13.2. The maximum atomic E-state index is 13.2. The van der Waals surface area contributed by atoms with Crippen LogP contribution in [0.5, 0.6) is 0 Å². The van der Waals surface area contributed by atoms with Crippen molar-refractivity contribution in [1.82, 2.24) is 10.2 Å². The van der Waals surface area contributed by atoms with Gasteiger partial charge in [0.1, 0.15) is 5.76 Å². The van der Waals surface area contributed by atoms with E-state index in [1.807, 2.05) is 48.5 Å².